The highest BCUT2D eigenvalue weighted by Crippen LogP contribution is 2.32. The maximum Gasteiger partial charge on any atom is 0.164 e. The first-order chi connectivity index (χ1) is 9.97. The molecular formula is C16H11Cl2FN2. The van der Waals surface area contributed by atoms with Gasteiger partial charge in [0.15, 0.2) is 5.82 Å². The molecule has 1 aromatic heterocycles. The fourth-order valence-electron chi connectivity index (χ4n) is 2.21. The van der Waals surface area contributed by atoms with Crippen LogP contribution in [0, 0.1) is 19.7 Å². The smallest absolute Gasteiger partial charge is 0.164 e. The minimum absolute atomic E-state index is 0.226. The Morgan fingerprint density at radius 3 is 2.48 bits per heavy atom. The van der Waals surface area contributed by atoms with E-state index < -0.39 is 0 Å². The Balaban J connectivity index is 2.33. The summed E-state index contributed by atoms with van der Waals surface area (Å²) in [7, 11) is 0. The third kappa shape index (κ3) is 2.47. The van der Waals surface area contributed by atoms with E-state index in [4.69, 9.17) is 23.2 Å². The van der Waals surface area contributed by atoms with E-state index >= 15 is 0 Å². The predicted octanol–water partition coefficient (Wildman–Crippen LogP) is 5.36. The molecule has 0 N–H and O–H groups in total. The third-order valence-corrected chi connectivity index (χ3v) is 3.91. The number of aryl methyl sites for hydroxylation is 2. The van der Waals surface area contributed by atoms with Crippen molar-refractivity contribution in [2.45, 2.75) is 13.8 Å². The third-order valence-electron chi connectivity index (χ3n) is 3.32. The van der Waals surface area contributed by atoms with E-state index in [2.05, 4.69) is 9.97 Å². The van der Waals surface area contributed by atoms with E-state index in [0.717, 1.165) is 11.1 Å². The van der Waals surface area contributed by atoms with Gasteiger partial charge in [0.2, 0.25) is 0 Å². The first-order valence-corrected chi connectivity index (χ1v) is 7.12. The molecule has 0 radical (unpaired) electrons. The van der Waals surface area contributed by atoms with Gasteiger partial charge in [-0.15, -0.1) is 0 Å². The molecule has 0 bridgehead atoms. The van der Waals surface area contributed by atoms with E-state index in [1.54, 1.807) is 12.1 Å². The van der Waals surface area contributed by atoms with Crippen LogP contribution in [0.3, 0.4) is 0 Å². The largest absolute Gasteiger partial charge is 0.227 e. The second-order valence-corrected chi connectivity index (χ2v) is 5.67. The van der Waals surface area contributed by atoms with Crippen molar-refractivity contribution >= 4 is 34.1 Å². The van der Waals surface area contributed by atoms with E-state index in [0.29, 0.717) is 21.5 Å². The summed E-state index contributed by atoms with van der Waals surface area (Å²) in [6.45, 7) is 3.72. The maximum atomic E-state index is 14.1. The van der Waals surface area contributed by atoms with Crippen molar-refractivity contribution < 1.29 is 4.39 Å². The first kappa shape index (κ1) is 14.2. The maximum absolute atomic E-state index is 14.1. The van der Waals surface area contributed by atoms with Gasteiger partial charge in [-0.1, -0.05) is 35.3 Å². The fourth-order valence-corrected chi connectivity index (χ4v) is 2.77. The van der Waals surface area contributed by atoms with Crippen LogP contribution in [-0.2, 0) is 0 Å². The van der Waals surface area contributed by atoms with E-state index in [1.165, 1.54) is 6.07 Å². The zero-order valence-corrected chi connectivity index (χ0v) is 12.9. The molecule has 106 valence electrons. The Kier molecular flexibility index (Phi) is 3.56. The van der Waals surface area contributed by atoms with Crippen molar-refractivity contribution in [1.29, 1.82) is 0 Å². The average molecular weight is 321 g/mol. The van der Waals surface area contributed by atoms with Crippen LogP contribution in [0.4, 0.5) is 4.39 Å². The van der Waals surface area contributed by atoms with Crippen molar-refractivity contribution in [1.82, 2.24) is 9.97 Å². The summed E-state index contributed by atoms with van der Waals surface area (Å²) in [6.07, 6.45) is 0. The van der Waals surface area contributed by atoms with Crippen molar-refractivity contribution in [2.24, 2.45) is 0 Å². The second-order valence-electron chi connectivity index (χ2n) is 4.91. The minimum Gasteiger partial charge on any atom is -0.227 e. The molecule has 2 aromatic carbocycles. The molecule has 5 heteroatoms. The van der Waals surface area contributed by atoms with Crippen LogP contribution in [0.25, 0.3) is 22.3 Å². The Hall–Kier alpha value is -1.71. The molecule has 0 unspecified atom stereocenters. The predicted molar refractivity (Wildman–Crippen MR) is 84.4 cm³/mol. The fraction of sp³-hybridized carbons (Fsp3) is 0.125. The van der Waals surface area contributed by atoms with Gasteiger partial charge in [-0.3, -0.25) is 0 Å². The Bertz CT molecular complexity index is 863. The zero-order valence-electron chi connectivity index (χ0n) is 11.4. The molecule has 0 saturated carbocycles. The minimum atomic E-state index is -0.370. The topological polar surface area (TPSA) is 25.8 Å². The molecule has 0 aliphatic heterocycles. The molecular weight excluding hydrogens is 310 g/mol. The monoisotopic (exact) mass is 320 g/mol. The summed E-state index contributed by atoms with van der Waals surface area (Å²) >= 11 is 12.4. The Labute approximate surface area is 131 Å². The molecule has 3 aromatic rings. The van der Waals surface area contributed by atoms with E-state index in [-0.39, 0.29) is 16.8 Å². The van der Waals surface area contributed by atoms with Crippen molar-refractivity contribution in [3.8, 4) is 11.4 Å². The molecule has 1 heterocycles. The highest BCUT2D eigenvalue weighted by atomic mass is 35.5. The molecule has 0 amide bonds. The molecule has 0 spiro atoms. The normalized spacial score (nSPS) is 11.1. The van der Waals surface area contributed by atoms with Crippen LogP contribution in [0.2, 0.25) is 10.2 Å². The molecule has 0 fully saturated rings. The molecule has 0 aliphatic rings. The number of halogens is 3. The number of hydrogen-bond acceptors (Lipinski definition) is 2. The van der Waals surface area contributed by atoms with Gasteiger partial charge < -0.3 is 0 Å². The van der Waals surface area contributed by atoms with Crippen LogP contribution in [0.5, 0.6) is 0 Å². The Morgan fingerprint density at radius 1 is 1.00 bits per heavy atom. The van der Waals surface area contributed by atoms with Gasteiger partial charge in [-0.25, -0.2) is 14.4 Å². The number of fused-ring (bicyclic) bond motifs is 1. The van der Waals surface area contributed by atoms with Crippen molar-refractivity contribution in [2.75, 3.05) is 0 Å². The lowest BCUT2D eigenvalue weighted by Crippen LogP contribution is -1.96. The lowest BCUT2D eigenvalue weighted by molar-refractivity contribution is 0.629. The van der Waals surface area contributed by atoms with E-state index in [1.807, 2.05) is 26.0 Å². The summed E-state index contributed by atoms with van der Waals surface area (Å²) in [4.78, 5) is 8.63. The summed E-state index contributed by atoms with van der Waals surface area (Å²) in [5.74, 6) is -0.111. The second kappa shape index (κ2) is 5.24. The SMILES string of the molecule is Cc1ccc(-c2nc(Cl)c3c(Cl)ccc(C)c3n2)c(F)c1. The standard InChI is InChI=1S/C16H11Cl2FN2/c1-8-3-5-10(12(19)7-8)16-20-14-9(2)4-6-11(17)13(14)15(18)21-16/h3-7H,1-2H3. The van der Waals surface area contributed by atoms with Crippen LogP contribution in [0.15, 0.2) is 30.3 Å². The molecule has 0 atom stereocenters. The first-order valence-electron chi connectivity index (χ1n) is 6.36. The van der Waals surface area contributed by atoms with Gasteiger partial charge in [0.05, 0.1) is 21.5 Å². The van der Waals surface area contributed by atoms with E-state index in [9.17, 15) is 4.39 Å². The molecule has 0 aliphatic carbocycles. The highest BCUT2D eigenvalue weighted by molar-refractivity contribution is 6.41. The summed E-state index contributed by atoms with van der Waals surface area (Å²) in [5.41, 5.74) is 2.70. The van der Waals surface area contributed by atoms with Gasteiger partial charge in [-0.2, -0.15) is 0 Å². The molecule has 3 rings (SSSR count). The highest BCUT2D eigenvalue weighted by Gasteiger charge is 2.15. The molecule has 0 saturated heterocycles. The Morgan fingerprint density at radius 2 is 1.76 bits per heavy atom. The summed E-state index contributed by atoms with van der Waals surface area (Å²) in [5, 5.41) is 1.30. The number of hydrogen-bond donors (Lipinski definition) is 0. The van der Waals surface area contributed by atoms with Crippen LogP contribution in [-0.4, -0.2) is 9.97 Å². The molecule has 2 nitrogen and oxygen atoms in total. The number of rotatable bonds is 1. The van der Waals surface area contributed by atoms with Gasteiger partial charge in [0.25, 0.3) is 0 Å². The van der Waals surface area contributed by atoms with Gasteiger partial charge in [-0.05, 0) is 43.2 Å². The summed E-state index contributed by atoms with van der Waals surface area (Å²) in [6, 6.07) is 8.51. The van der Waals surface area contributed by atoms with Crippen LogP contribution >= 0.6 is 23.2 Å². The lowest BCUT2D eigenvalue weighted by Gasteiger charge is -2.09. The van der Waals surface area contributed by atoms with Crippen LogP contribution in [0.1, 0.15) is 11.1 Å². The zero-order chi connectivity index (χ0) is 15.1. The lowest BCUT2D eigenvalue weighted by atomic mass is 10.1. The quantitative estimate of drug-likeness (QED) is 0.564. The van der Waals surface area contributed by atoms with Crippen molar-refractivity contribution in [3.05, 3.63) is 57.5 Å². The van der Waals surface area contributed by atoms with Gasteiger partial charge in [0, 0.05) is 0 Å². The molecule has 21 heavy (non-hydrogen) atoms. The number of nitrogens with zero attached hydrogens (tertiary/aromatic N) is 2. The number of benzene rings is 2. The summed E-state index contributed by atoms with van der Waals surface area (Å²) < 4.78 is 14.1. The van der Waals surface area contributed by atoms with Gasteiger partial charge >= 0.3 is 0 Å². The number of aromatic nitrogens is 2. The van der Waals surface area contributed by atoms with Gasteiger partial charge in [0.1, 0.15) is 11.0 Å². The van der Waals surface area contributed by atoms with Crippen LogP contribution < -0.4 is 0 Å². The average Bonchev–Trinajstić information content (AvgIpc) is 2.42. The van der Waals surface area contributed by atoms with Crippen molar-refractivity contribution in [3.63, 3.8) is 0 Å².